The fourth-order valence-corrected chi connectivity index (χ4v) is 30.8. The van der Waals surface area contributed by atoms with E-state index in [4.69, 9.17) is 4.86 Å². The first-order chi connectivity index (χ1) is 30.8. The van der Waals surface area contributed by atoms with Gasteiger partial charge in [-0.3, -0.25) is 0 Å². The molecule has 5 rings (SSSR count). The van der Waals surface area contributed by atoms with Crippen molar-refractivity contribution in [3.8, 4) is 0 Å². The molecule has 340 valence electrons. The van der Waals surface area contributed by atoms with Crippen LogP contribution in [0.4, 0.5) is 0 Å². The van der Waals surface area contributed by atoms with Crippen LogP contribution in [0.1, 0.15) is 119 Å². The number of benzene rings is 5. The third kappa shape index (κ3) is 12.9. The Morgan fingerprint density at radius 1 is 0.397 bits per heavy atom. The SMILES string of the molecule is CCCC[Si](CCCC)(CCCC)c1ccc([P+](NP(c2ccccc2SC)c2ccccc2SC)(c2ccccc2)c2ccc([Si](CCCC)(CCCC)CCCC)cc2)cc1. The molecule has 0 saturated heterocycles. The van der Waals surface area contributed by atoms with Gasteiger partial charge in [0, 0.05) is 20.4 Å². The van der Waals surface area contributed by atoms with Crippen molar-refractivity contribution in [3.63, 3.8) is 0 Å². The van der Waals surface area contributed by atoms with Crippen LogP contribution in [0.2, 0.25) is 36.3 Å². The lowest BCUT2D eigenvalue weighted by molar-refractivity contribution is 0.800. The van der Waals surface area contributed by atoms with Crippen molar-refractivity contribution in [1.82, 2.24) is 4.86 Å². The summed E-state index contributed by atoms with van der Waals surface area (Å²) in [6.45, 7) is 14.4. The molecule has 63 heavy (non-hydrogen) atoms. The molecule has 0 aliphatic rings. The van der Waals surface area contributed by atoms with Crippen molar-refractivity contribution in [2.75, 3.05) is 12.5 Å². The molecule has 0 fully saturated rings. The number of nitrogens with one attached hydrogen (secondary N) is 1. The molecule has 5 aromatic rings. The van der Waals surface area contributed by atoms with Crippen molar-refractivity contribution >= 4 is 92.1 Å². The van der Waals surface area contributed by atoms with Crippen LogP contribution < -0.4 is 41.8 Å². The van der Waals surface area contributed by atoms with E-state index in [0.29, 0.717) is 0 Å². The number of hydrogen-bond donors (Lipinski definition) is 1. The lowest BCUT2D eigenvalue weighted by atomic mass is 10.3. The van der Waals surface area contributed by atoms with Gasteiger partial charge in [0.25, 0.3) is 0 Å². The predicted molar refractivity (Wildman–Crippen MR) is 300 cm³/mol. The fraction of sp³-hybridized carbons (Fsp3) is 0.464. The third-order valence-corrected chi connectivity index (χ3v) is 33.7. The summed E-state index contributed by atoms with van der Waals surface area (Å²) in [7, 11) is -6.89. The van der Waals surface area contributed by atoms with Gasteiger partial charge in [0.2, 0.25) is 0 Å². The maximum Gasteiger partial charge on any atom is 0.182 e. The van der Waals surface area contributed by atoms with E-state index in [1.165, 1.54) is 150 Å². The van der Waals surface area contributed by atoms with E-state index < -0.39 is 31.6 Å². The molecule has 7 heteroatoms. The Morgan fingerprint density at radius 2 is 0.698 bits per heavy atom. The first-order valence-electron chi connectivity index (χ1n) is 24.9. The van der Waals surface area contributed by atoms with Gasteiger partial charge < -0.3 is 0 Å². The fourth-order valence-electron chi connectivity index (χ4n) is 10.1. The zero-order valence-corrected chi connectivity index (χ0v) is 46.0. The summed E-state index contributed by atoms with van der Waals surface area (Å²) in [5, 5.41) is 10.6. The normalized spacial score (nSPS) is 12.3. The van der Waals surface area contributed by atoms with Crippen LogP contribution in [0, 0.1) is 0 Å². The molecule has 0 bridgehead atoms. The largest absolute Gasteiger partial charge is 0.182 e. The van der Waals surface area contributed by atoms with Gasteiger partial charge in [-0.1, -0.05) is 244 Å². The van der Waals surface area contributed by atoms with Crippen LogP contribution in [0.3, 0.4) is 0 Å². The van der Waals surface area contributed by atoms with E-state index in [2.05, 4.69) is 181 Å². The highest BCUT2D eigenvalue weighted by atomic mass is 32.2. The van der Waals surface area contributed by atoms with E-state index >= 15 is 0 Å². The molecular formula is C56H82NP2S2Si2+. The van der Waals surface area contributed by atoms with Crippen molar-refractivity contribution in [2.24, 2.45) is 0 Å². The highest BCUT2D eigenvalue weighted by Gasteiger charge is 2.49. The monoisotopic (exact) mass is 950 g/mol. The maximum atomic E-state index is 4.79. The van der Waals surface area contributed by atoms with Gasteiger partial charge in [0.15, 0.2) is 7.41 Å². The van der Waals surface area contributed by atoms with E-state index in [-0.39, 0.29) is 0 Å². The molecule has 5 aromatic carbocycles. The van der Waals surface area contributed by atoms with Crippen LogP contribution >= 0.6 is 39.0 Å². The van der Waals surface area contributed by atoms with E-state index in [9.17, 15) is 0 Å². The Morgan fingerprint density at radius 3 is 1.02 bits per heavy atom. The summed E-state index contributed by atoms with van der Waals surface area (Å²) in [6, 6.07) is 59.8. The average molecular weight is 952 g/mol. The summed E-state index contributed by atoms with van der Waals surface area (Å²) in [5.74, 6) is 0. The van der Waals surface area contributed by atoms with Gasteiger partial charge >= 0.3 is 0 Å². The Labute approximate surface area is 398 Å². The van der Waals surface area contributed by atoms with Crippen LogP contribution in [0.5, 0.6) is 0 Å². The molecule has 0 heterocycles. The molecule has 0 aromatic heterocycles. The second kappa shape index (κ2) is 27.0. The molecule has 0 saturated carbocycles. The lowest BCUT2D eigenvalue weighted by Crippen LogP contribution is -2.49. The van der Waals surface area contributed by atoms with Crippen molar-refractivity contribution in [2.45, 2.75) is 165 Å². The molecule has 0 unspecified atom stereocenters. The molecule has 0 aliphatic carbocycles. The Balaban J connectivity index is 1.85. The Bertz CT molecular complexity index is 1870. The lowest BCUT2D eigenvalue weighted by Gasteiger charge is -2.36. The number of hydrogen-bond acceptors (Lipinski definition) is 3. The first kappa shape index (κ1) is 52.0. The summed E-state index contributed by atoms with van der Waals surface area (Å²) in [5.41, 5.74) is 0. The average Bonchev–Trinajstić information content (AvgIpc) is 3.35. The quantitative estimate of drug-likeness (QED) is 0.0291. The van der Waals surface area contributed by atoms with Crippen LogP contribution in [0.15, 0.2) is 137 Å². The van der Waals surface area contributed by atoms with Crippen LogP contribution in [0.25, 0.3) is 0 Å². The minimum absolute atomic E-state index is 0.997. The van der Waals surface area contributed by atoms with Crippen molar-refractivity contribution in [3.05, 3.63) is 127 Å². The minimum atomic E-state index is -2.48. The van der Waals surface area contributed by atoms with Gasteiger partial charge in [-0.15, -0.1) is 28.4 Å². The molecule has 0 aliphatic heterocycles. The topological polar surface area (TPSA) is 12.0 Å². The molecule has 0 spiro atoms. The summed E-state index contributed by atoms with van der Waals surface area (Å²) < 4.78 is 0. The smallest absolute Gasteiger partial charge is 0.149 e. The number of thioether (sulfide) groups is 2. The zero-order valence-electron chi connectivity index (χ0n) is 40.6. The highest BCUT2D eigenvalue weighted by molar-refractivity contribution is 8.02. The van der Waals surface area contributed by atoms with Crippen molar-refractivity contribution < 1.29 is 0 Å². The summed E-state index contributed by atoms with van der Waals surface area (Å²) in [4.78, 5) is 7.52. The van der Waals surface area contributed by atoms with Gasteiger partial charge in [0.1, 0.15) is 15.9 Å². The summed E-state index contributed by atoms with van der Waals surface area (Å²) in [6.07, 6.45) is 20.3. The second-order valence-corrected chi connectivity index (χ2v) is 34.4. The summed E-state index contributed by atoms with van der Waals surface area (Å²) >= 11 is 3.77. The second-order valence-electron chi connectivity index (χ2n) is 18.1. The molecular weight excluding hydrogens is 869 g/mol. The Hall–Kier alpha value is -1.95. The van der Waals surface area contributed by atoms with Gasteiger partial charge in [0.05, 0.1) is 24.2 Å². The number of rotatable bonds is 29. The van der Waals surface area contributed by atoms with Crippen LogP contribution in [-0.2, 0) is 0 Å². The highest BCUT2D eigenvalue weighted by Crippen LogP contribution is 2.58. The number of unbranched alkanes of at least 4 members (excludes halogenated alkanes) is 6. The van der Waals surface area contributed by atoms with Crippen LogP contribution in [-0.4, -0.2) is 28.7 Å². The molecule has 1 N–H and O–H groups in total. The molecule has 0 radical (unpaired) electrons. The first-order valence-corrected chi connectivity index (χ1v) is 35.7. The van der Waals surface area contributed by atoms with E-state index in [0.717, 1.165) is 0 Å². The van der Waals surface area contributed by atoms with Gasteiger partial charge in [-0.2, -0.15) is 0 Å². The minimum Gasteiger partial charge on any atom is -0.149 e. The van der Waals surface area contributed by atoms with Gasteiger partial charge in [-0.05, 0) is 61.0 Å². The molecule has 1 nitrogen and oxygen atoms in total. The maximum absolute atomic E-state index is 4.79. The Kier molecular flexibility index (Phi) is 22.3. The van der Waals surface area contributed by atoms with E-state index in [1.807, 2.05) is 23.5 Å². The van der Waals surface area contributed by atoms with E-state index in [1.54, 1.807) is 10.4 Å². The molecule has 0 atom stereocenters. The van der Waals surface area contributed by atoms with Crippen molar-refractivity contribution in [1.29, 1.82) is 0 Å². The third-order valence-electron chi connectivity index (χ3n) is 13.8. The molecule has 0 amide bonds. The predicted octanol–water partition coefficient (Wildman–Crippen LogP) is 15.1. The standard InChI is InChI=1S/C56H82NP2S2Si2/c1-9-15-42-62(43-16-10-2,44-17-11-3)51-38-34-49(35-39-51)59(48-28-22-21-23-29-48,50-36-40-52(41-37-50)63(45-18-12-4,46-19-13-5)47-20-14-6)57-58(53-30-24-26-32-55(53)60-7)54-31-25-27-33-56(54)61-8/h21-41,57H,9-20,42-47H2,1-8H3/q+1. The zero-order chi connectivity index (χ0) is 45.0. The van der Waals surface area contributed by atoms with Gasteiger partial charge in [-0.25, -0.2) is 0 Å².